The molecule has 0 aliphatic rings. The average molecular weight is 256 g/mol. The SMILES string of the molecule is CC(OCc1ccccc1)c1ccc(C(=O)O)cc1. The van der Waals surface area contributed by atoms with Crippen molar-refractivity contribution in [1.82, 2.24) is 0 Å². The molecule has 3 heteroatoms. The molecule has 0 saturated heterocycles. The number of aromatic carboxylic acids is 1. The van der Waals surface area contributed by atoms with E-state index in [1.165, 1.54) is 0 Å². The predicted molar refractivity (Wildman–Crippen MR) is 73.0 cm³/mol. The number of carboxylic acids is 1. The van der Waals surface area contributed by atoms with Crippen LogP contribution >= 0.6 is 0 Å². The summed E-state index contributed by atoms with van der Waals surface area (Å²) in [4.78, 5) is 10.8. The van der Waals surface area contributed by atoms with Crippen LogP contribution in [0.4, 0.5) is 0 Å². The molecule has 19 heavy (non-hydrogen) atoms. The first-order valence-corrected chi connectivity index (χ1v) is 6.15. The molecule has 98 valence electrons. The summed E-state index contributed by atoms with van der Waals surface area (Å²) in [5.74, 6) is -0.913. The van der Waals surface area contributed by atoms with Crippen LogP contribution in [-0.2, 0) is 11.3 Å². The molecule has 0 saturated carbocycles. The summed E-state index contributed by atoms with van der Waals surface area (Å²) in [7, 11) is 0. The maximum atomic E-state index is 10.8. The molecule has 0 aliphatic heterocycles. The molecule has 1 atom stereocenters. The Labute approximate surface area is 112 Å². The fourth-order valence-corrected chi connectivity index (χ4v) is 1.79. The van der Waals surface area contributed by atoms with Crippen molar-refractivity contribution in [3.05, 3.63) is 71.3 Å². The third-order valence-electron chi connectivity index (χ3n) is 2.97. The maximum Gasteiger partial charge on any atom is 0.335 e. The molecule has 0 spiro atoms. The van der Waals surface area contributed by atoms with Gasteiger partial charge in [-0.1, -0.05) is 42.5 Å². The molecule has 2 aromatic carbocycles. The van der Waals surface area contributed by atoms with Crippen molar-refractivity contribution in [3.63, 3.8) is 0 Å². The van der Waals surface area contributed by atoms with Crippen molar-refractivity contribution < 1.29 is 14.6 Å². The van der Waals surface area contributed by atoms with Gasteiger partial charge < -0.3 is 9.84 Å². The fourth-order valence-electron chi connectivity index (χ4n) is 1.79. The van der Waals surface area contributed by atoms with Crippen LogP contribution in [0.1, 0.15) is 34.5 Å². The molecule has 1 N–H and O–H groups in total. The van der Waals surface area contributed by atoms with Crippen molar-refractivity contribution in [2.45, 2.75) is 19.6 Å². The van der Waals surface area contributed by atoms with Gasteiger partial charge in [0.05, 0.1) is 18.3 Å². The van der Waals surface area contributed by atoms with Gasteiger partial charge in [-0.25, -0.2) is 4.79 Å². The van der Waals surface area contributed by atoms with Gasteiger partial charge >= 0.3 is 5.97 Å². The Kier molecular flexibility index (Phi) is 4.31. The number of benzene rings is 2. The molecule has 0 aromatic heterocycles. The Hall–Kier alpha value is -2.13. The van der Waals surface area contributed by atoms with Gasteiger partial charge in [-0.3, -0.25) is 0 Å². The Morgan fingerprint density at radius 2 is 1.74 bits per heavy atom. The summed E-state index contributed by atoms with van der Waals surface area (Å²) in [5.41, 5.74) is 2.39. The lowest BCUT2D eigenvalue weighted by atomic mass is 10.1. The molecule has 0 bridgehead atoms. The van der Waals surface area contributed by atoms with E-state index in [0.717, 1.165) is 11.1 Å². The van der Waals surface area contributed by atoms with E-state index in [0.29, 0.717) is 12.2 Å². The number of carboxylic acid groups (broad SMARTS) is 1. The topological polar surface area (TPSA) is 46.5 Å². The van der Waals surface area contributed by atoms with Crippen LogP contribution in [0.2, 0.25) is 0 Å². The predicted octanol–water partition coefficient (Wildman–Crippen LogP) is 3.66. The minimum atomic E-state index is -0.913. The van der Waals surface area contributed by atoms with Crippen LogP contribution in [0.15, 0.2) is 54.6 Å². The third-order valence-corrected chi connectivity index (χ3v) is 2.97. The van der Waals surface area contributed by atoms with Crippen molar-refractivity contribution >= 4 is 5.97 Å². The molecule has 0 amide bonds. The molecule has 2 aromatic rings. The van der Waals surface area contributed by atoms with Gasteiger partial charge in [-0.15, -0.1) is 0 Å². The molecule has 2 rings (SSSR count). The van der Waals surface area contributed by atoms with Gasteiger partial charge in [0.15, 0.2) is 0 Å². The molecule has 0 heterocycles. The van der Waals surface area contributed by atoms with Gasteiger partial charge in [-0.05, 0) is 30.2 Å². The largest absolute Gasteiger partial charge is 0.478 e. The van der Waals surface area contributed by atoms with Crippen molar-refractivity contribution in [2.24, 2.45) is 0 Å². The van der Waals surface area contributed by atoms with Gasteiger partial charge in [-0.2, -0.15) is 0 Å². The molecule has 0 radical (unpaired) electrons. The zero-order valence-corrected chi connectivity index (χ0v) is 10.7. The number of carbonyl (C=O) groups is 1. The van der Waals surface area contributed by atoms with Crippen molar-refractivity contribution in [1.29, 1.82) is 0 Å². The van der Waals surface area contributed by atoms with Crippen LogP contribution in [0.25, 0.3) is 0 Å². The molecule has 1 unspecified atom stereocenters. The Bertz CT molecular complexity index is 532. The van der Waals surface area contributed by atoms with Crippen molar-refractivity contribution in [3.8, 4) is 0 Å². The van der Waals surface area contributed by atoms with Gasteiger partial charge in [0.2, 0.25) is 0 Å². The second kappa shape index (κ2) is 6.16. The minimum absolute atomic E-state index is 0.0666. The highest BCUT2D eigenvalue weighted by Crippen LogP contribution is 2.19. The summed E-state index contributed by atoms with van der Waals surface area (Å²) in [6, 6.07) is 16.7. The Balaban J connectivity index is 1.96. The van der Waals surface area contributed by atoms with Gasteiger partial charge in [0.25, 0.3) is 0 Å². The zero-order valence-electron chi connectivity index (χ0n) is 10.7. The maximum absolute atomic E-state index is 10.8. The molecular formula is C16H16O3. The Morgan fingerprint density at radius 3 is 2.32 bits per heavy atom. The van der Waals surface area contributed by atoms with Gasteiger partial charge in [0, 0.05) is 0 Å². The van der Waals surface area contributed by atoms with E-state index in [4.69, 9.17) is 9.84 Å². The third kappa shape index (κ3) is 3.66. The Morgan fingerprint density at radius 1 is 1.11 bits per heavy atom. The number of ether oxygens (including phenoxy) is 1. The lowest BCUT2D eigenvalue weighted by Gasteiger charge is -2.13. The second-order valence-corrected chi connectivity index (χ2v) is 4.37. The average Bonchev–Trinajstić information content (AvgIpc) is 2.46. The monoisotopic (exact) mass is 256 g/mol. The van der Waals surface area contributed by atoms with Crippen molar-refractivity contribution in [2.75, 3.05) is 0 Å². The van der Waals surface area contributed by atoms with Crippen LogP contribution in [0.5, 0.6) is 0 Å². The summed E-state index contributed by atoms with van der Waals surface area (Å²) in [5, 5.41) is 8.84. The quantitative estimate of drug-likeness (QED) is 0.888. The smallest absolute Gasteiger partial charge is 0.335 e. The second-order valence-electron chi connectivity index (χ2n) is 4.37. The normalized spacial score (nSPS) is 12.1. The molecule has 0 aliphatic carbocycles. The molecule has 0 fully saturated rings. The van der Waals surface area contributed by atoms with Gasteiger partial charge in [0.1, 0.15) is 0 Å². The van der Waals surface area contributed by atoms with E-state index in [1.54, 1.807) is 24.3 Å². The molecule has 3 nitrogen and oxygen atoms in total. The summed E-state index contributed by atoms with van der Waals surface area (Å²) in [6.45, 7) is 2.50. The first-order chi connectivity index (χ1) is 9.16. The lowest BCUT2D eigenvalue weighted by Crippen LogP contribution is -2.02. The molecular weight excluding hydrogens is 240 g/mol. The van der Waals surface area contributed by atoms with E-state index in [9.17, 15) is 4.79 Å². The summed E-state index contributed by atoms with van der Waals surface area (Å²) >= 11 is 0. The highest BCUT2D eigenvalue weighted by Gasteiger charge is 2.08. The van der Waals surface area contributed by atoms with Crippen LogP contribution in [-0.4, -0.2) is 11.1 Å². The van der Waals surface area contributed by atoms with E-state index in [-0.39, 0.29) is 6.10 Å². The standard InChI is InChI=1S/C16H16O3/c1-12(19-11-13-5-3-2-4-6-13)14-7-9-15(10-8-14)16(17)18/h2-10,12H,11H2,1H3,(H,17,18). The van der Waals surface area contributed by atoms with Crippen LogP contribution < -0.4 is 0 Å². The van der Waals surface area contributed by atoms with Crippen LogP contribution in [0, 0.1) is 0 Å². The highest BCUT2D eigenvalue weighted by atomic mass is 16.5. The minimum Gasteiger partial charge on any atom is -0.478 e. The van der Waals surface area contributed by atoms with E-state index >= 15 is 0 Å². The fraction of sp³-hybridized carbons (Fsp3) is 0.188. The first kappa shape index (κ1) is 13.3. The zero-order chi connectivity index (χ0) is 13.7. The highest BCUT2D eigenvalue weighted by molar-refractivity contribution is 5.87. The summed E-state index contributed by atoms with van der Waals surface area (Å²) < 4.78 is 5.77. The number of rotatable bonds is 5. The van der Waals surface area contributed by atoms with E-state index in [1.807, 2.05) is 37.3 Å². The van der Waals surface area contributed by atoms with E-state index in [2.05, 4.69) is 0 Å². The summed E-state index contributed by atoms with van der Waals surface area (Å²) in [6.07, 6.45) is -0.0666. The lowest BCUT2D eigenvalue weighted by molar-refractivity contribution is 0.0524. The van der Waals surface area contributed by atoms with Crippen LogP contribution in [0.3, 0.4) is 0 Å². The first-order valence-electron chi connectivity index (χ1n) is 6.15. The number of hydrogen-bond donors (Lipinski definition) is 1. The van der Waals surface area contributed by atoms with E-state index < -0.39 is 5.97 Å². The number of hydrogen-bond acceptors (Lipinski definition) is 2.